The molecule has 0 amide bonds. The third kappa shape index (κ3) is 0.869. The Balaban J connectivity index is 3.29. The highest BCUT2D eigenvalue weighted by Gasteiger charge is 1.99. The van der Waals surface area contributed by atoms with Crippen molar-refractivity contribution in [1.29, 1.82) is 0 Å². The van der Waals surface area contributed by atoms with Gasteiger partial charge in [-0.2, -0.15) is 0 Å². The lowest BCUT2D eigenvalue weighted by Crippen LogP contribution is -1.87. The average molecular weight is 122 g/mol. The zero-order chi connectivity index (χ0) is 7.02. The quantitative estimate of drug-likeness (QED) is 0.494. The van der Waals surface area contributed by atoms with Crippen LogP contribution in [0.3, 0.4) is 0 Å². The summed E-state index contributed by atoms with van der Waals surface area (Å²) in [6.45, 7) is 8.08. The van der Waals surface area contributed by atoms with Crippen molar-refractivity contribution in [3.8, 4) is 0 Å². The second kappa shape index (κ2) is 1.90. The van der Waals surface area contributed by atoms with Gasteiger partial charge in [-0.1, -0.05) is 0 Å². The SMILES string of the molecule is [CH2]c1cn(C)c(C)c1C. The smallest absolute Gasteiger partial charge is 0.0172 e. The average Bonchev–Trinajstić information content (AvgIpc) is 1.98. The van der Waals surface area contributed by atoms with Crippen molar-refractivity contribution in [2.45, 2.75) is 13.8 Å². The molecule has 0 bridgehead atoms. The molecule has 49 valence electrons. The minimum Gasteiger partial charge on any atom is -0.354 e. The molecule has 0 saturated heterocycles. The molecule has 0 aromatic carbocycles. The molecule has 0 atom stereocenters. The molecule has 0 aliphatic heterocycles. The Kier molecular flexibility index (Phi) is 1.35. The van der Waals surface area contributed by atoms with Crippen LogP contribution in [0.5, 0.6) is 0 Å². The zero-order valence-electron chi connectivity index (χ0n) is 6.23. The summed E-state index contributed by atoms with van der Waals surface area (Å²) in [6.07, 6.45) is 2.05. The maximum atomic E-state index is 3.88. The van der Waals surface area contributed by atoms with Crippen LogP contribution < -0.4 is 0 Å². The third-order valence-corrected chi connectivity index (χ3v) is 1.90. The summed E-state index contributed by atoms with van der Waals surface area (Å²) in [7, 11) is 2.04. The van der Waals surface area contributed by atoms with E-state index >= 15 is 0 Å². The first-order chi connectivity index (χ1) is 4.13. The highest BCUT2D eigenvalue weighted by molar-refractivity contribution is 5.31. The van der Waals surface area contributed by atoms with Crippen LogP contribution in [0.2, 0.25) is 0 Å². The van der Waals surface area contributed by atoms with Gasteiger partial charge >= 0.3 is 0 Å². The molecule has 0 N–H and O–H groups in total. The van der Waals surface area contributed by atoms with Crippen molar-refractivity contribution in [2.24, 2.45) is 7.05 Å². The van der Waals surface area contributed by atoms with Gasteiger partial charge in [-0.15, -0.1) is 0 Å². The lowest BCUT2D eigenvalue weighted by molar-refractivity contribution is 0.876. The lowest BCUT2D eigenvalue weighted by atomic mass is 10.2. The molecule has 0 aliphatic carbocycles. The molecule has 0 unspecified atom stereocenters. The van der Waals surface area contributed by atoms with E-state index in [0.29, 0.717) is 0 Å². The topological polar surface area (TPSA) is 4.93 Å². The first-order valence-corrected chi connectivity index (χ1v) is 3.07. The summed E-state index contributed by atoms with van der Waals surface area (Å²) < 4.78 is 2.09. The predicted molar refractivity (Wildman–Crippen MR) is 39.3 cm³/mol. The third-order valence-electron chi connectivity index (χ3n) is 1.90. The fourth-order valence-corrected chi connectivity index (χ4v) is 0.924. The van der Waals surface area contributed by atoms with Crippen LogP contribution in [0.4, 0.5) is 0 Å². The molecule has 1 aromatic rings. The van der Waals surface area contributed by atoms with E-state index in [1.807, 2.05) is 13.2 Å². The monoisotopic (exact) mass is 122 g/mol. The van der Waals surface area contributed by atoms with Gasteiger partial charge in [-0.05, 0) is 31.9 Å². The van der Waals surface area contributed by atoms with E-state index in [1.165, 1.54) is 11.3 Å². The molecule has 1 heterocycles. The molecule has 0 saturated carbocycles. The normalized spacial score (nSPS) is 10.2. The summed E-state index contributed by atoms with van der Waals surface area (Å²) in [6, 6.07) is 0. The fraction of sp³-hybridized carbons (Fsp3) is 0.375. The van der Waals surface area contributed by atoms with Crippen molar-refractivity contribution in [2.75, 3.05) is 0 Å². The fourth-order valence-electron chi connectivity index (χ4n) is 0.924. The van der Waals surface area contributed by atoms with Crippen molar-refractivity contribution in [3.05, 3.63) is 29.9 Å². The number of aryl methyl sites for hydroxylation is 1. The number of aromatic nitrogens is 1. The van der Waals surface area contributed by atoms with Gasteiger partial charge in [0.2, 0.25) is 0 Å². The summed E-state index contributed by atoms with van der Waals surface area (Å²) in [5.74, 6) is 0. The van der Waals surface area contributed by atoms with Crippen molar-refractivity contribution < 1.29 is 0 Å². The number of nitrogens with zero attached hydrogens (tertiary/aromatic N) is 1. The van der Waals surface area contributed by atoms with Gasteiger partial charge < -0.3 is 4.57 Å². The maximum Gasteiger partial charge on any atom is 0.0172 e. The number of hydrogen-bond donors (Lipinski definition) is 0. The van der Waals surface area contributed by atoms with Gasteiger partial charge in [0.05, 0.1) is 0 Å². The Bertz CT molecular complexity index is 198. The summed E-state index contributed by atoms with van der Waals surface area (Å²) in [4.78, 5) is 0. The van der Waals surface area contributed by atoms with E-state index in [9.17, 15) is 0 Å². The first-order valence-electron chi connectivity index (χ1n) is 3.07. The molecule has 1 rings (SSSR count). The van der Waals surface area contributed by atoms with Crippen LogP contribution in [0.15, 0.2) is 6.20 Å². The van der Waals surface area contributed by atoms with Gasteiger partial charge in [-0.3, -0.25) is 0 Å². The molecule has 1 nitrogen and oxygen atoms in total. The highest BCUT2D eigenvalue weighted by atomic mass is 14.9. The number of hydrogen-bond acceptors (Lipinski definition) is 0. The van der Waals surface area contributed by atoms with E-state index < -0.39 is 0 Å². The van der Waals surface area contributed by atoms with Gasteiger partial charge in [-0.25, -0.2) is 0 Å². The van der Waals surface area contributed by atoms with E-state index in [-0.39, 0.29) is 0 Å². The van der Waals surface area contributed by atoms with E-state index in [1.54, 1.807) is 0 Å². The Morgan fingerprint density at radius 1 is 1.44 bits per heavy atom. The Morgan fingerprint density at radius 3 is 2.11 bits per heavy atom. The maximum absolute atomic E-state index is 3.88. The van der Waals surface area contributed by atoms with Gasteiger partial charge in [0.1, 0.15) is 0 Å². The van der Waals surface area contributed by atoms with Crippen molar-refractivity contribution >= 4 is 0 Å². The molecule has 0 fully saturated rings. The van der Waals surface area contributed by atoms with Crippen LogP contribution in [0.1, 0.15) is 16.8 Å². The van der Waals surface area contributed by atoms with Crippen LogP contribution >= 0.6 is 0 Å². The lowest BCUT2D eigenvalue weighted by Gasteiger charge is -1.93. The van der Waals surface area contributed by atoms with Crippen molar-refractivity contribution in [1.82, 2.24) is 4.57 Å². The van der Waals surface area contributed by atoms with Crippen molar-refractivity contribution in [3.63, 3.8) is 0 Å². The van der Waals surface area contributed by atoms with Gasteiger partial charge in [0.15, 0.2) is 0 Å². The second-order valence-corrected chi connectivity index (χ2v) is 2.48. The Morgan fingerprint density at radius 2 is 2.00 bits per heavy atom. The molecule has 1 radical (unpaired) electrons. The van der Waals surface area contributed by atoms with Crippen LogP contribution in [-0.4, -0.2) is 4.57 Å². The number of rotatable bonds is 0. The minimum absolute atomic E-state index is 1.13. The minimum atomic E-state index is 1.13. The van der Waals surface area contributed by atoms with Crippen LogP contribution in [-0.2, 0) is 7.05 Å². The summed E-state index contributed by atoms with van der Waals surface area (Å²) in [5, 5.41) is 0. The largest absolute Gasteiger partial charge is 0.354 e. The molecular weight excluding hydrogens is 110 g/mol. The first kappa shape index (κ1) is 6.40. The van der Waals surface area contributed by atoms with Gasteiger partial charge in [0.25, 0.3) is 0 Å². The summed E-state index contributed by atoms with van der Waals surface area (Å²) in [5.41, 5.74) is 3.74. The van der Waals surface area contributed by atoms with Crippen LogP contribution in [0, 0.1) is 20.8 Å². The molecule has 1 aromatic heterocycles. The molecule has 9 heavy (non-hydrogen) atoms. The molecule has 0 spiro atoms. The molecule has 1 heteroatoms. The standard InChI is InChI=1S/C8H12N/c1-6-5-9(4)8(3)7(6)2/h5H,1H2,2-4H3. The Hall–Kier alpha value is -0.720. The van der Waals surface area contributed by atoms with E-state index in [0.717, 1.165) is 5.56 Å². The van der Waals surface area contributed by atoms with Gasteiger partial charge in [0, 0.05) is 18.9 Å². The Labute approximate surface area is 56.3 Å². The van der Waals surface area contributed by atoms with E-state index in [2.05, 4.69) is 25.3 Å². The van der Waals surface area contributed by atoms with Crippen LogP contribution in [0.25, 0.3) is 0 Å². The van der Waals surface area contributed by atoms with E-state index in [4.69, 9.17) is 0 Å². The zero-order valence-corrected chi connectivity index (χ0v) is 6.23. The molecule has 0 aliphatic rings. The predicted octanol–water partition coefficient (Wildman–Crippen LogP) is 1.82. The molecular formula is C8H12N. The highest BCUT2D eigenvalue weighted by Crippen LogP contribution is 2.11. The second-order valence-electron chi connectivity index (χ2n) is 2.48. The summed E-state index contributed by atoms with van der Waals surface area (Å²) >= 11 is 0.